The quantitative estimate of drug-likeness (QED) is 0.287. The summed E-state index contributed by atoms with van der Waals surface area (Å²) in [5, 5.41) is 11.9. The zero-order chi connectivity index (χ0) is 26.7. The number of aromatic nitrogens is 1. The molecular formula is C29H21N3O6S. The second kappa shape index (κ2) is 8.95. The van der Waals surface area contributed by atoms with E-state index < -0.39 is 11.0 Å². The molecule has 7 rings (SSSR count). The molecule has 0 spiro atoms. The van der Waals surface area contributed by atoms with E-state index in [1.165, 1.54) is 29.0 Å². The van der Waals surface area contributed by atoms with E-state index in [9.17, 15) is 14.9 Å². The Labute approximate surface area is 225 Å². The minimum absolute atomic E-state index is 0.00986. The molecule has 4 aromatic rings. The number of nitro benzene ring substituents is 1. The molecule has 0 bridgehead atoms. The molecule has 1 atom stereocenters. The molecule has 3 aromatic carbocycles. The Morgan fingerprint density at radius 2 is 1.87 bits per heavy atom. The van der Waals surface area contributed by atoms with Crippen molar-refractivity contribution in [1.82, 2.24) is 4.57 Å². The highest BCUT2D eigenvalue weighted by atomic mass is 32.1. The van der Waals surface area contributed by atoms with Crippen LogP contribution in [0.2, 0.25) is 0 Å². The summed E-state index contributed by atoms with van der Waals surface area (Å²) in [5.74, 6) is 1.39. The number of rotatable bonds is 4. The molecule has 9 nitrogen and oxygen atoms in total. The number of hydrogen-bond acceptors (Lipinski definition) is 8. The fraction of sp³-hybridized carbons (Fsp3) is 0.172. The number of fused-ring (bicyclic) bond motifs is 4. The summed E-state index contributed by atoms with van der Waals surface area (Å²) >= 11 is 1.21. The van der Waals surface area contributed by atoms with Crippen molar-refractivity contribution in [3.63, 3.8) is 0 Å². The fourth-order valence-corrected chi connectivity index (χ4v) is 6.54. The third-order valence-corrected chi connectivity index (χ3v) is 8.29. The van der Waals surface area contributed by atoms with Crippen LogP contribution in [0.4, 0.5) is 5.69 Å². The molecule has 2 aliphatic heterocycles. The van der Waals surface area contributed by atoms with Gasteiger partial charge >= 0.3 is 0 Å². The van der Waals surface area contributed by atoms with Crippen LogP contribution in [0.15, 0.2) is 76.0 Å². The van der Waals surface area contributed by atoms with Crippen molar-refractivity contribution in [2.45, 2.75) is 18.9 Å². The van der Waals surface area contributed by atoms with E-state index >= 15 is 0 Å². The standard InChI is InChI=1S/C29H21N3O6S/c1-36-22-9-5-4-8-19(22)27-20-11-10-16-6-2-3-7-18(16)26(20)30-29-31(27)28(33)25(39-29)13-17-12-23-24(38-15-37-23)14-21(17)32(34)35/h2-9,12-14,27H,10-11,15H2,1H3/b25-13+/t27-/m0/s1. The predicted octanol–water partition coefficient (Wildman–Crippen LogP) is 3.96. The van der Waals surface area contributed by atoms with E-state index in [0.29, 0.717) is 26.6 Å². The minimum atomic E-state index is -0.488. The Balaban J connectivity index is 1.50. The van der Waals surface area contributed by atoms with E-state index in [1.807, 2.05) is 36.4 Å². The molecule has 0 saturated carbocycles. The van der Waals surface area contributed by atoms with E-state index in [4.69, 9.17) is 19.2 Å². The molecule has 3 aliphatic rings. The van der Waals surface area contributed by atoms with Crippen LogP contribution in [-0.4, -0.2) is 23.4 Å². The molecule has 1 aliphatic carbocycles. The maximum atomic E-state index is 14.0. The molecule has 0 amide bonds. The molecule has 0 saturated heterocycles. The first kappa shape index (κ1) is 23.4. The second-order valence-electron chi connectivity index (χ2n) is 9.38. The van der Waals surface area contributed by atoms with Crippen LogP contribution < -0.4 is 29.1 Å². The van der Waals surface area contributed by atoms with Gasteiger partial charge in [0.1, 0.15) is 5.75 Å². The van der Waals surface area contributed by atoms with Gasteiger partial charge in [0.25, 0.3) is 11.2 Å². The molecule has 0 fully saturated rings. The second-order valence-corrected chi connectivity index (χ2v) is 10.4. The molecule has 3 heterocycles. The molecule has 1 aromatic heterocycles. The highest BCUT2D eigenvalue weighted by Crippen LogP contribution is 2.43. The van der Waals surface area contributed by atoms with Crippen molar-refractivity contribution in [3.8, 4) is 17.2 Å². The lowest BCUT2D eigenvalue weighted by molar-refractivity contribution is -0.385. The van der Waals surface area contributed by atoms with Gasteiger partial charge in [-0.15, -0.1) is 0 Å². The number of aryl methyl sites for hydroxylation is 1. The van der Waals surface area contributed by atoms with Crippen molar-refractivity contribution in [1.29, 1.82) is 0 Å². The first-order valence-electron chi connectivity index (χ1n) is 12.4. The largest absolute Gasteiger partial charge is 0.496 e. The van der Waals surface area contributed by atoms with Crippen LogP contribution in [-0.2, 0) is 6.42 Å². The van der Waals surface area contributed by atoms with Gasteiger partial charge < -0.3 is 14.2 Å². The smallest absolute Gasteiger partial charge is 0.280 e. The number of allylic oxidation sites excluding steroid dienone is 1. The highest BCUT2D eigenvalue weighted by Gasteiger charge is 2.34. The molecule has 0 radical (unpaired) electrons. The summed E-state index contributed by atoms with van der Waals surface area (Å²) in [5.41, 5.74) is 4.88. The average molecular weight is 540 g/mol. The van der Waals surface area contributed by atoms with Gasteiger partial charge in [-0.1, -0.05) is 53.8 Å². The number of nitrogens with zero attached hydrogens (tertiary/aromatic N) is 3. The van der Waals surface area contributed by atoms with Crippen LogP contribution in [0.5, 0.6) is 17.2 Å². The fourth-order valence-electron chi connectivity index (χ4n) is 5.55. The zero-order valence-corrected chi connectivity index (χ0v) is 21.6. The van der Waals surface area contributed by atoms with Gasteiger partial charge in [0.15, 0.2) is 16.3 Å². The van der Waals surface area contributed by atoms with Gasteiger partial charge in [0.05, 0.1) is 39.9 Å². The number of ether oxygens (including phenoxy) is 3. The van der Waals surface area contributed by atoms with Crippen LogP contribution in [0.1, 0.15) is 34.7 Å². The lowest BCUT2D eigenvalue weighted by atomic mass is 9.83. The maximum absolute atomic E-state index is 14.0. The number of para-hydroxylation sites is 1. The molecular weight excluding hydrogens is 518 g/mol. The summed E-state index contributed by atoms with van der Waals surface area (Å²) in [4.78, 5) is 30.9. The van der Waals surface area contributed by atoms with Gasteiger partial charge in [-0.2, -0.15) is 0 Å². The van der Waals surface area contributed by atoms with Gasteiger partial charge in [-0.3, -0.25) is 19.5 Å². The summed E-state index contributed by atoms with van der Waals surface area (Å²) in [7, 11) is 1.62. The van der Waals surface area contributed by atoms with Crippen LogP contribution in [0.25, 0.3) is 11.8 Å². The van der Waals surface area contributed by atoms with Crippen LogP contribution in [0, 0.1) is 10.1 Å². The number of thiazole rings is 1. The number of methoxy groups -OCH3 is 1. The van der Waals surface area contributed by atoms with Gasteiger partial charge in [-0.05, 0) is 42.2 Å². The van der Waals surface area contributed by atoms with E-state index in [0.717, 1.165) is 35.2 Å². The Morgan fingerprint density at radius 1 is 1.10 bits per heavy atom. The molecule has 0 N–H and O–H groups in total. The summed E-state index contributed by atoms with van der Waals surface area (Å²) in [6.07, 6.45) is 3.12. The summed E-state index contributed by atoms with van der Waals surface area (Å²) in [6.45, 7) is -0.00986. The van der Waals surface area contributed by atoms with Crippen LogP contribution >= 0.6 is 11.3 Å². The minimum Gasteiger partial charge on any atom is -0.496 e. The van der Waals surface area contributed by atoms with Crippen molar-refractivity contribution in [2.24, 2.45) is 4.99 Å². The van der Waals surface area contributed by atoms with Crippen molar-refractivity contribution >= 4 is 28.8 Å². The van der Waals surface area contributed by atoms with Gasteiger partial charge in [-0.25, -0.2) is 4.99 Å². The monoisotopic (exact) mass is 539 g/mol. The van der Waals surface area contributed by atoms with Crippen LogP contribution in [0.3, 0.4) is 0 Å². The lowest BCUT2D eigenvalue weighted by Crippen LogP contribution is -2.39. The summed E-state index contributed by atoms with van der Waals surface area (Å²) < 4.78 is 18.5. The maximum Gasteiger partial charge on any atom is 0.280 e. The zero-order valence-electron chi connectivity index (χ0n) is 20.7. The average Bonchev–Trinajstić information content (AvgIpc) is 3.54. The van der Waals surface area contributed by atoms with E-state index in [-0.39, 0.29) is 23.6 Å². The summed E-state index contributed by atoms with van der Waals surface area (Å²) in [6, 6.07) is 18.3. The molecule has 194 valence electrons. The molecule has 10 heteroatoms. The van der Waals surface area contributed by atoms with E-state index in [2.05, 4.69) is 12.1 Å². The third-order valence-electron chi connectivity index (χ3n) is 7.31. The Bertz CT molecular complexity index is 1900. The van der Waals surface area contributed by atoms with Crippen molar-refractivity contribution in [2.75, 3.05) is 13.9 Å². The SMILES string of the molecule is COc1ccccc1[C@H]1C2=C(N=c3s/c(=C/c4cc5c(cc4[N+](=O)[O-])OCO5)c(=O)n31)c1ccccc1CC2. The van der Waals surface area contributed by atoms with E-state index in [1.54, 1.807) is 17.8 Å². The normalized spacial score (nSPS) is 17.3. The molecule has 39 heavy (non-hydrogen) atoms. The predicted molar refractivity (Wildman–Crippen MR) is 145 cm³/mol. The first-order valence-corrected chi connectivity index (χ1v) is 13.2. The third kappa shape index (κ3) is 3.67. The topological polar surface area (TPSA) is 105 Å². The van der Waals surface area contributed by atoms with Gasteiger partial charge in [0, 0.05) is 11.1 Å². The number of benzene rings is 3. The highest BCUT2D eigenvalue weighted by molar-refractivity contribution is 7.07. The Hall–Kier alpha value is -4.70. The Kier molecular flexibility index (Phi) is 5.38. The van der Waals surface area contributed by atoms with Crippen molar-refractivity contribution in [3.05, 3.63) is 118 Å². The first-order chi connectivity index (χ1) is 19.0. The Morgan fingerprint density at radius 3 is 2.69 bits per heavy atom. The lowest BCUT2D eigenvalue weighted by Gasteiger charge is -2.31. The van der Waals surface area contributed by atoms with Gasteiger partial charge in [0.2, 0.25) is 6.79 Å². The number of nitro groups is 1. The number of hydrogen-bond donors (Lipinski definition) is 0. The molecule has 0 unspecified atom stereocenters. The van der Waals surface area contributed by atoms with Crippen molar-refractivity contribution < 1.29 is 19.1 Å².